The monoisotopic (exact) mass is 367 g/mol. The first-order valence-electron chi connectivity index (χ1n) is 8.86. The molecule has 0 spiro atoms. The summed E-state index contributed by atoms with van der Waals surface area (Å²) in [4.78, 5) is 20.0. The smallest absolute Gasteiger partial charge is 0.225 e. The van der Waals surface area contributed by atoms with E-state index in [2.05, 4.69) is 52.7 Å². The van der Waals surface area contributed by atoms with Crippen LogP contribution in [0.15, 0.2) is 42.5 Å². The summed E-state index contributed by atoms with van der Waals surface area (Å²) >= 11 is 1.65. The summed E-state index contributed by atoms with van der Waals surface area (Å²) in [6.07, 6.45) is 1.21. The van der Waals surface area contributed by atoms with E-state index in [4.69, 9.17) is 4.98 Å². The molecular formula is C21H25N3OS. The normalized spacial score (nSPS) is 11.2. The number of nitrogens with zero attached hydrogens (tertiary/aromatic N) is 2. The topological polar surface area (TPSA) is 45.2 Å². The van der Waals surface area contributed by atoms with Crippen LogP contribution in [0.1, 0.15) is 21.1 Å². The molecule has 0 aliphatic carbocycles. The van der Waals surface area contributed by atoms with Crippen molar-refractivity contribution in [1.29, 1.82) is 0 Å². The number of fused-ring (bicyclic) bond motifs is 1. The molecule has 1 amide bonds. The summed E-state index contributed by atoms with van der Waals surface area (Å²) in [5, 5.41) is 6.55. The van der Waals surface area contributed by atoms with Crippen molar-refractivity contribution in [3.8, 4) is 0 Å². The van der Waals surface area contributed by atoms with E-state index in [1.54, 1.807) is 11.3 Å². The summed E-state index contributed by atoms with van der Waals surface area (Å²) in [6, 6.07) is 14.8. The number of amides is 1. The van der Waals surface area contributed by atoms with E-state index in [0.29, 0.717) is 13.0 Å². The number of hydrogen-bond acceptors (Lipinski definition) is 4. The van der Waals surface area contributed by atoms with Crippen LogP contribution in [0.25, 0.3) is 10.8 Å². The fourth-order valence-electron chi connectivity index (χ4n) is 2.96. The summed E-state index contributed by atoms with van der Waals surface area (Å²) in [7, 11) is 4.00. The van der Waals surface area contributed by atoms with Crippen molar-refractivity contribution in [2.75, 3.05) is 27.2 Å². The molecule has 0 atom stereocenters. The van der Waals surface area contributed by atoms with E-state index in [0.717, 1.165) is 28.5 Å². The van der Waals surface area contributed by atoms with Crippen molar-refractivity contribution in [3.63, 3.8) is 0 Å². The van der Waals surface area contributed by atoms with Gasteiger partial charge in [0, 0.05) is 24.4 Å². The Kier molecular flexibility index (Phi) is 6.01. The lowest BCUT2D eigenvalue weighted by Crippen LogP contribution is -2.32. The van der Waals surface area contributed by atoms with Gasteiger partial charge in [-0.25, -0.2) is 4.98 Å². The van der Waals surface area contributed by atoms with Crippen LogP contribution < -0.4 is 5.32 Å². The van der Waals surface area contributed by atoms with Gasteiger partial charge in [-0.2, -0.15) is 0 Å². The Morgan fingerprint density at radius 3 is 2.73 bits per heavy atom. The number of aromatic nitrogens is 1. The fraction of sp³-hybridized carbons (Fsp3) is 0.333. The SMILES string of the molecule is Cc1nc(Cc2cccc3ccccc23)sc1CC(=O)NCCN(C)C. The van der Waals surface area contributed by atoms with E-state index in [1.807, 2.05) is 21.0 Å². The number of aryl methyl sites for hydroxylation is 1. The van der Waals surface area contributed by atoms with Gasteiger partial charge in [-0.15, -0.1) is 11.3 Å². The lowest BCUT2D eigenvalue weighted by molar-refractivity contribution is -0.120. The third-order valence-corrected chi connectivity index (χ3v) is 5.52. The highest BCUT2D eigenvalue weighted by atomic mass is 32.1. The second-order valence-electron chi connectivity index (χ2n) is 6.76. The van der Waals surface area contributed by atoms with Crippen molar-refractivity contribution in [1.82, 2.24) is 15.2 Å². The zero-order chi connectivity index (χ0) is 18.5. The highest BCUT2D eigenvalue weighted by molar-refractivity contribution is 7.11. The summed E-state index contributed by atoms with van der Waals surface area (Å²) in [5.41, 5.74) is 2.24. The number of likely N-dealkylation sites (N-methyl/N-ethyl adjacent to an activating group) is 1. The standard InChI is InChI=1S/C21H25N3OS/c1-15-19(14-20(25)22-11-12-24(2)3)26-21(23-15)13-17-9-6-8-16-7-4-5-10-18(16)17/h4-10H,11-14H2,1-3H3,(H,22,25). The van der Waals surface area contributed by atoms with Crippen LogP contribution in [-0.2, 0) is 17.6 Å². The van der Waals surface area contributed by atoms with E-state index < -0.39 is 0 Å². The number of benzene rings is 2. The number of carbonyl (C=O) groups excluding carboxylic acids is 1. The van der Waals surface area contributed by atoms with Crippen molar-refractivity contribution in [3.05, 3.63) is 63.6 Å². The average molecular weight is 368 g/mol. The van der Waals surface area contributed by atoms with Gasteiger partial charge in [0.2, 0.25) is 5.91 Å². The highest BCUT2D eigenvalue weighted by Gasteiger charge is 2.13. The Morgan fingerprint density at radius 2 is 1.92 bits per heavy atom. The van der Waals surface area contributed by atoms with E-state index in [1.165, 1.54) is 16.3 Å². The van der Waals surface area contributed by atoms with Gasteiger partial charge in [0.15, 0.2) is 0 Å². The Morgan fingerprint density at radius 1 is 1.15 bits per heavy atom. The van der Waals surface area contributed by atoms with Crippen LogP contribution in [0.4, 0.5) is 0 Å². The first-order valence-corrected chi connectivity index (χ1v) is 9.68. The van der Waals surface area contributed by atoms with Gasteiger partial charge in [0.1, 0.15) is 0 Å². The zero-order valence-electron chi connectivity index (χ0n) is 15.6. The van der Waals surface area contributed by atoms with Crippen LogP contribution in [-0.4, -0.2) is 43.0 Å². The maximum absolute atomic E-state index is 12.1. The summed E-state index contributed by atoms with van der Waals surface area (Å²) in [6.45, 7) is 3.51. The van der Waals surface area contributed by atoms with Crippen LogP contribution in [0.5, 0.6) is 0 Å². The number of thiazole rings is 1. The van der Waals surface area contributed by atoms with Gasteiger partial charge in [0.25, 0.3) is 0 Å². The number of carbonyl (C=O) groups is 1. The molecular weight excluding hydrogens is 342 g/mol. The Labute approximate surface area is 158 Å². The maximum Gasteiger partial charge on any atom is 0.225 e. The minimum Gasteiger partial charge on any atom is -0.355 e. The highest BCUT2D eigenvalue weighted by Crippen LogP contribution is 2.25. The number of hydrogen-bond donors (Lipinski definition) is 1. The molecule has 0 radical (unpaired) electrons. The molecule has 2 aromatic carbocycles. The minimum atomic E-state index is 0.0651. The molecule has 0 fully saturated rings. The van der Waals surface area contributed by atoms with Crippen LogP contribution >= 0.6 is 11.3 Å². The van der Waals surface area contributed by atoms with Crippen molar-refractivity contribution in [2.24, 2.45) is 0 Å². The third kappa shape index (κ3) is 4.68. The van der Waals surface area contributed by atoms with Gasteiger partial charge in [-0.05, 0) is 37.4 Å². The molecule has 0 saturated heterocycles. The van der Waals surface area contributed by atoms with Gasteiger partial charge < -0.3 is 10.2 Å². The Hall–Kier alpha value is -2.24. The van der Waals surface area contributed by atoms with Gasteiger partial charge in [-0.3, -0.25) is 4.79 Å². The number of nitrogens with one attached hydrogen (secondary N) is 1. The average Bonchev–Trinajstić information content (AvgIpc) is 2.94. The van der Waals surface area contributed by atoms with Crippen LogP contribution in [0, 0.1) is 6.92 Å². The van der Waals surface area contributed by atoms with Gasteiger partial charge >= 0.3 is 0 Å². The fourth-order valence-corrected chi connectivity index (χ4v) is 4.06. The molecule has 136 valence electrons. The predicted octanol–water partition coefficient (Wildman–Crippen LogP) is 3.42. The quantitative estimate of drug-likeness (QED) is 0.696. The first-order chi connectivity index (χ1) is 12.5. The minimum absolute atomic E-state index is 0.0651. The van der Waals surface area contributed by atoms with Crippen molar-refractivity contribution >= 4 is 28.0 Å². The molecule has 5 heteroatoms. The molecule has 3 aromatic rings. The maximum atomic E-state index is 12.1. The lowest BCUT2D eigenvalue weighted by Gasteiger charge is -2.10. The van der Waals surface area contributed by atoms with Crippen molar-refractivity contribution in [2.45, 2.75) is 19.8 Å². The third-order valence-electron chi connectivity index (χ3n) is 4.36. The largest absolute Gasteiger partial charge is 0.355 e. The molecule has 0 aliphatic rings. The van der Waals surface area contributed by atoms with Crippen LogP contribution in [0.2, 0.25) is 0 Å². The Balaban J connectivity index is 1.69. The summed E-state index contributed by atoms with van der Waals surface area (Å²) in [5.74, 6) is 0.0651. The van der Waals surface area contributed by atoms with E-state index in [9.17, 15) is 4.79 Å². The van der Waals surface area contributed by atoms with E-state index >= 15 is 0 Å². The van der Waals surface area contributed by atoms with E-state index in [-0.39, 0.29) is 5.91 Å². The molecule has 0 bridgehead atoms. The second-order valence-corrected chi connectivity index (χ2v) is 7.93. The second kappa shape index (κ2) is 8.43. The predicted molar refractivity (Wildman–Crippen MR) is 109 cm³/mol. The molecule has 4 nitrogen and oxygen atoms in total. The molecule has 0 unspecified atom stereocenters. The molecule has 0 aliphatic heterocycles. The van der Waals surface area contributed by atoms with Crippen molar-refractivity contribution < 1.29 is 4.79 Å². The van der Waals surface area contributed by atoms with Crippen LogP contribution in [0.3, 0.4) is 0 Å². The zero-order valence-corrected chi connectivity index (χ0v) is 16.4. The molecule has 1 heterocycles. The molecule has 3 rings (SSSR count). The molecule has 1 N–H and O–H groups in total. The molecule has 1 aromatic heterocycles. The molecule has 0 saturated carbocycles. The summed E-state index contributed by atoms with van der Waals surface area (Å²) < 4.78 is 0. The first kappa shape index (κ1) is 18.5. The Bertz CT molecular complexity index is 896. The molecule has 26 heavy (non-hydrogen) atoms. The van der Waals surface area contributed by atoms with Gasteiger partial charge in [-0.1, -0.05) is 42.5 Å². The van der Waals surface area contributed by atoms with Gasteiger partial charge in [0.05, 0.1) is 17.1 Å². The lowest BCUT2D eigenvalue weighted by atomic mass is 10.0. The number of rotatable bonds is 7.